The Balaban J connectivity index is 2.35. The lowest BCUT2D eigenvalue weighted by atomic mass is 10.0. The fourth-order valence-electron chi connectivity index (χ4n) is 1.70. The molecule has 0 saturated heterocycles. The predicted molar refractivity (Wildman–Crippen MR) is 65.1 cm³/mol. The van der Waals surface area contributed by atoms with Crippen molar-refractivity contribution in [1.29, 1.82) is 0 Å². The number of alkyl halides is 3. The molecule has 0 radical (unpaired) electrons. The highest BCUT2D eigenvalue weighted by molar-refractivity contribution is 9.09. The second-order valence-electron chi connectivity index (χ2n) is 3.70. The highest BCUT2D eigenvalue weighted by Gasteiger charge is 2.44. The molecule has 0 amide bonds. The summed E-state index contributed by atoms with van der Waals surface area (Å²) < 4.78 is 27.3. The molecule has 0 spiro atoms. The third kappa shape index (κ3) is 2.28. The first kappa shape index (κ1) is 12.0. The molecule has 0 saturated carbocycles. The van der Waals surface area contributed by atoms with Crippen LogP contribution in [0.15, 0.2) is 29.3 Å². The Hall–Kier alpha value is -0.480. The monoisotopic (exact) mass is 307 g/mol. The number of aliphatic imine (C=N–C) groups is 1. The van der Waals surface area contributed by atoms with Crippen molar-refractivity contribution in [3.05, 3.63) is 34.9 Å². The van der Waals surface area contributed by atoms with Gasteiger partial charge in [0.25, 0.3) is 5.92 Å². The van der Waals surface area contributed by atoms with Gasteiger partial charge in [-0.1, -0.05) is 39.7 Å². The molecule has 1 aromatic carbocycles. The molecule has 16 heavy (non-hydrogen) atoms. The molecule has 1 atom stereocenters. The van der Waals surface area contributed by atoms with E-state index in [-0.39, 0.29) is 18.2 Å². The molecule has 1 heterocycles. The first-order valence-electron chi connectivity index (χ1n) is 4.81. The summed E-state index contributed by atoms with van der Waals surface area (Å²) in [5.74, 6) is -2.84. The van der Waals surface area contributed by atoms with Gasteiger partial charge in [0.05, 0.1) is 6.04 Å². The highest BCUT2D eigenvalue weighted by Crippen LogP contribution is 2.34. The number of halogens is 4. The Morgan fingerprint density at radius 1 is 1.38 bits per heavy atom. The number of nitrogens with zero attached hydrogens (tertiary/aromatic N) is 1. The zero-order valence-electron chi connectivity index (χ0n) is 8.26. The van der Waals surface area contributed by atoms with Gasteiger partial charge < -0.3 is 0 Å². The first-order valence-corrected chi connectivity index (χ1v) is 6.31. The molecule has 0 bridgehead atoms. The Morgan fingerprint density at radius 2 is 2.00 bits per heavy atom. The Morgan fingerprint density at radius 3 is 2.50 bits per heavy atom. The smallest absolute Gasteiger partial charge is 0.278 e. The summed E-state index contributed by atoms with van der Waals surface area (Å²) in [6, 6.07) is 5.99. The second kappa shape index (κ2) is 4.41. The van der Waals surface area contributed by atoms with E-state index in [4.69, 9.17) is 11.6 Å². The normalized spacial score (nSPS) is 23.2. The minimum atomic E-state index is -2.84. The van der Waals surface area contributed by atoms with E-state index in [9.17, 15) is 8.78 Å². The van der Waals surface area contributed by atoms with Gasteiger partial charge in [-0.25, -0.2) is 0 Å². The van der Waals surface area contributed by atoms with Gasteiger partial charge in [-0.3, -0.25) is 4.99 Å². The second-order valence-corrected chi connectivity index (χ2v) is 4.79. The summed E-state index contributed by atoms with van der Waals surface area (Å²) in [4.78, 5) is 4.04. The average molecular weight is 309 g/mol. The predicted octanol–water partition coefficient (Wildman–Crippen LogP) is 3.93. The lowest BCUT2D eigenvalue weighted by Crippen LogP contribution is -2.25. The van der Waals surface area contributed by atoms with E-state index >= 15 is 0 Å². The van der Waals surface area contributed by atoms with Crippen molar-refractivity contribution in [2.24, 2.45) is 4.99 Å². The number of rotatable bonds is 2. The molecular weight excluding hydrogens is 299 g/mol. The van der Waals surface area contributed by atoms with Gasteiger partial charge in [-0.05, 0) is 12.1 Å². The van der Waals surface area contributed by atoms with Crippen LogP contribution in [0, 0.1) is 0 Å². The quantitative estimate of drug-likeness (QED) is 0.734. The Labute approximate surface area is 106 Å². The van der Waals surface area contributed by atoms with Gasteiger partial charge in [0.2, 0.25) is 0 Å². The van der Waals surface area contributed by atoms with E-state index in [1.807, 2.05) is 0 Å². The van der Waals surface area contributed by atoms with Crippen LogP contribution in [-0.2, 0) is 0 Å². The van der Waals surface area contributed by atoms with Gasteiger partial charge >= 0.3 is 0 Å². The zero-order valence-corrected chi connectivity index (χ0v) is 10.6. The molecule has 5 heteroatoms. The summed E-state index contributed by atoms with van der Waals surface area (Å²) in [5.41, 5.74) is 0.312. The molecule has 1 nitrogen and oxygen atoms in total. The standard InChI is InChI=1S/C11H9BrClF2N/c12-6-9-5-11(14,15)10(16-9)7-1-3-8(13)4-2-7/h1-4,9H,5-6H2. The van der Waals surface area contributed by atoms with Gasteiger partial charge in [-0.2, -0.15) is 8.78 Å². The highest BCUT2D eigenvalue weighted by atomic mass is 79.9. The largest absolute Gasteiger partial charge is 0.291 e. The molecule has 1 aliphatic heterocycles. The van der Waals surface area contributed by atoms with Crippen LogP contribution < -0.4 is 0 Å². The maximum atomic E-state index is 13.6. The minimum Gasteiger partial charge on any atom is -0.278 e. The van der Waals surface area contributed by atoms with Crippen LogP contribution in [0.2, 0.25) is 5.02 Å². The molecule has 1 aromatic rings. The number of hydrogen-bond acceptors (Lipinski definition) is 1. The number of hydrogen-bond donors (Lipinski definition) is 0. The van der Waals surface area contributed by atoms with Crippen LogP contribution >= 0.6 is 27.5 Å². The van der Waals surface area contributed by atoms with E-state index in [1.54, 1.807) is 24.3 Å². The molecule has 2 rings (SSSR count). The molecule has 0 N–H and O–H groups in total. The summed E-state index contributed by atoms with van der Waals surface area (Å²) >= 11 is 8.89. The molecule has 0 fully saturated rings. The third-order valence-corrected chi connectivity index (χ3v) is 3.45. The fourth-order valence-corrected chi connectivity index (χ4v) is 2.20. The van der Waals surface area contributed by atoms with E-state index < -0.39 is 5.92 Å². The summed E-state index contributed by atoms with van der Waals surface area (Å²) in [7, 11) is 0. The van der Waals surface area contributed by atoms with Crippen molar-refractivity contribution in [3.8, 4) is 0 Å². The molecular formula is C11H9BrClF2N. The summed E-state index contributed by atoms with van der Waals surface area (Å²) in [6.07, 6.45) is -0.226. The van der Waals surface area contributed by atoms with Crippen molar-refractivity contribution in [1.82, 2.24) is 0 Å². The SMILES string of the molecule is FC1(F)CC(CBr)N=C1c1ccc(Cl)cc1. The summed E-state index contributed by atoms with van der Waals surface area (Å²) in [6.45, 7) is 0. The number of benzene rings is 1. The van der Waals surface area contributed by atoms with Crippen LogP contribution in [0.1, 0.15) is 12.0 Å². The van der Waals surface area contributed by atoms with Crippen molar-refractivity contribution in [2.45, 2.75) is 18.4 Å². The van der Waals surface area contributed by atoms with Gasteiger partial charge in [-0.15, -0.1) is 0 Å². The zero-order chi connectivity index (χ0) is 11.8. The molecule has 0 aromatic heterocycles. The molecule has 1 unspecified atom stereocenters. The molecule has 0 aliphatic carbocycles. The van der Waals surface area contributed by atoms with Crippen LogP contribution in [0.5, 0.6) is 0 Å². The van der Waals surface area contributed by atoms with E-state index in [0.717, 1.165) is 0 Å². The topological polar surface area (TPSA) is 12.4 Å². The van der Waals surface area contributed by atoms with Gasteiger partial charge in [0, 0.05) is 22.3 Å². The Kier molecular flexibility index (Phi) is 3.31. The van der Waals surface area contributed by atoms with Gasteiger partial charge in [0.15, 0.2) is 0 Å². The van der Waals surface area contributed by atoms with Crippen molar-refractivity contribution in [3.63, 3.8) is 0 Å². The third-order valence-electron chi connectivity index (χ3n) is 2.45. The first-order chi connectivity index (χ1) is 7.53. The molecule has 1 aliphatic rings. The van der Waals surface area contributed by atoms with Crippen molar-refractivity contribution in [2.75, 3.05) is 5.33 Å². The van der Waals surface area contributed by atoms with Crippen LogP contribution in [0.25, 0.3) is 0 Å². The van der Waals surface area contributed by atoms with Crippen LogP contribution in [0.4, 0.5) is 8.78 Å². The molecule has 86 valence electrons. The summed E-state index contributed by atoms with van der Waals surface area (Å²) in [5, 5.41) is 0.988. The van der Waals surface area contributed by atoms with Crippen molar-refractivity contribution < 1.29 is 8.78 Å². The maximum absolute atomic E-state index is 13.6. The lowest BCUT2D eigenvalue weighted by Gasteiger charge is -2.12. The van der Waals surface area contributed by atoms with Crippen LogP contribution in [0.3, 0.4) is 0 Å². The lowest BCUT2D eigenvalue weighted by molar-refractivity contribution is 0.0753. The van der Waals surface area contributed by atoms with Gasteiger partial charge in [0.1, 0.15) is 5.71 Å². The van der Waals surface area contributed by atoms with Crippen LogP contribution in [-0.4, -0.2) is 23.0 Å². The van der Waals surface area contributed by atoms with E-state index in [2.05, 4.69) is 20.9 Å². The Bertz CT molecular complexity index is 416. The minimum absolute atomic E-state index is 0.131. The van der Waals surface area contributed by atoms with E-state index in [1.165, 1.54) is 0 Å². The van der Waals surface area contributed by atoms with Crippen molar-refractivity contribution >= 4 is 33.2 Å². The maximum Gasteiger partial charge on any atom is 0.291 e. The van der Waals surface area contributed by atoms with E-state index in [0.29, 0.717) is 15.9 Å². The average Bonchev–Trinajstić information content (AvgIpc) is 2.55. The fraction of sp³-hybridized carbons (Fsp3) is 0.364.